The molecule has 0 aliphatic rings. The Hall–Kier alpha value is -2.13. The van der Waals surface area contributed by atoms with E-state index in [1.165, 1.54) is 5.32 Å². The summed E-state index contributed by atoms with van der Waals surface area (Å²) in [5.74, 6) is 0. The number of nitrogens with two attached hydrogens (primary N) is 1. The smallest absolute Gasteiger partial charge is 0.397 e. The number of carbonyl (C=O) groups is 1. The predicted octanol–water partition coefficient (Wildman–Crippen LogP) is 2.97. The van der Waals surface area contributed by atoms with E-state index >= 15 is 0 Å². The van der Waals surface area contributed by atoms with Crippen LogP contribution in [0.15, 0.2) is 18.2 Å². The van der Waals surface area contributed by atoms with Crippen LogP contribution in [0.25, 0.3) is 0 Å². The molecule has 4 nitrogen and oxygen atoms in total. The van der Waals surface area contributed by atoms with Gasteiger partial charge < -0.3 is 16.4 Å². The Balaban J connectivity index is 2.72. The number of urea groups is 1. The first kappa shape index (κ1) is 15.9. The average Bonchev–Trinajstić information content (AvgIpc) is 2.27. The standard InChI is InChI=1S/C10H9F6N3O/c11-9(12,13)4-18-8(20)19-7-2-1-5(3-6(7)17)10(14,15)16/h1-3H,4,17H2,(H2,18,19,20). The van der Waals surface area contributed by atoms with Crippen LogP contribution in [0.4, 0.5) is 42.5 Å². The Morgan fingerprint density at radius 1 is 1.15 bits per heavy atom. The molecule has 0 saturated carbocycles. The van der Waals surface area contributed by atoms with Crippen molar-refractivity contribution in [1.29, 1.82) is 0 Å². The maximum atomic E-state index is 12.3. The third-order valence-corrected chi connectivity index (χ3v) is 2.08. The molecule has 0 aromatic heterocycles. The first-order valence-corrected chi connectivity index (χ1v) is 5.07. The summed E-state index contributed by atoms with van der Waals surface area (Å²) in [6.45, 7) is -1.57. The van der Waals surface area contributed by atoms with Gasteiger partial charge in [0.1, 0.15) is 6.54 Å². The van der Waals surface area contributed by atoms with E-state index in [-0.39, 0.29) is 5.69 Å². The number of hydrogen-bond donors (Lipinski definition) is 3. The highest BCUT2D eigenvalue weighted by Crippen LogP contribution is 2.32. The molecule has 0 aliphatic carbocycles. The summed E-state index contributed by atoms with van der Waals surface area (Å²) >= 11 is 0. The number of alkyl halides is 6. The topological polar surface area (TPSA) is 67.1 Å². The number of benzene rings is 1. The van der Waals surface area contributed by atoms with E-state index < -0.39 is 36.2 Å². The molecule has 0 aliphatic heterocycles. The number of amides is 2. The van der Waals surface area contributed by atoms with Crippen molar-refractivity contribution in [2.45, 2.75) is 12.4 Å². The minimum Gasteiger partial charge on any atom is -0.397 e. The number of halogens is 6. The second-order valence-corrected chi connectivity index (χ2v) is 3.72. The van der Waals surface area contributed by atoms with Gasteiger partial charge in [-0.1, -0.05) is 0 Å². The van der Waals surface area contributed by atoms with E-state index in [9.17, 15) is 31.1 Å². The van der Waals surface area contributed by atoms with Crippen LogP contribution < -0.4 is 16.4 Å². The van der Waals surface area contributed by atoms with Crippen molar-refractivity contribution in [2.24, 2.45) is 0 Å². The molecule has 0 unspecified atom stereocenters. The number of hydrogen-bond acceptors (Lipinski definition) is 2. The monoisotopic (exact) mass is 301 g/mol. The minimum absolute atomic E-state index is 0.224. The highest BCUT2D eigenvalue weighted by molar-refractivity contribution is 5.92. The molecule has 2 amide bonds. The summed E-state index contributed by atoms with van der Waals surface area (Å²) in [5, 5.41) is 3.41. The molecule has 0 atom stereocenters. The van der Waals surface area contributed by atoms with Gasteiger partial charge in [-0.3, -0.25) is 0 Å². The van der Waals surface area contributed by atoms with Crippen molar-refractivity contribution < 1.29 is 31.1 Å². The summed E-state index contributed by atoms with van der Waals surface area (Å²) in [5.41, 5.74) is 3.61. The molecule has 0 saturated heterocycles. The second kappa shape index (κ2) is 5.47. The number of rotatable bonds is 2. The molecule has 0 spiro atoms. The van der Waals surface area contributed by atoms with E-state index in [2.05, 4.69) is 0 Å². The number of carbonyl (C=O) groups excluding carboxylic acids is 1. The van der Waals surface area contributed by atoms with Gasteiger partial charge in [-0.05, 0) is 18.2 Å². The zero-order chi connectivity index (χ0) is 15.6. The van der Waals surface area contributed by atoms with Crippen LogP contribution in [0.5, 0.6) is 0 Å². The zero-order valence-electron chi connectivity index (χ0n) is 9.69. The molecule has 0 bridgehead atoms. The fraction of sp³-hybridized carbons (Fsp3) is 0.300. The van der Waals surface area contributed by atoms with E-state index in [1.54, 1.807) is 0 Å². The molecule has 1 aromatic carbocycles. The fourth-order valence-electron chi connectivity index (χ4n) is 1.20. The van der Waals surface area contributed by atoms with Crippen LogP contribution in [0.1, 0.15) is 5.56 Å². The van der Waals surface area contributed by atoms with Gasteiger partial charge in [0, 0.05) is 0 Å². The van der Waals surface area contributed by atoms with Gasteiger partial charge >= 0.3 is 18.4 Å². The molecule has 1 rings (SSSR count). The van der Waals surface area contributed by atoms with Crippen molar-refractivity contribution in [1.82, 2.24) is 5.32 Å². The molecule has 10 heteroatoms. The molecule has 0 radical (unpaired) electrons. The lowest BCUT2D eigenvalue weighted by Gasteiger charge is -2.13. The SMILES string of the molecule is Nc1cc(C(F)(F)F)ccc1NC(=O)NCC(F)(F)F. The highest BCUT2D eigenvalue weighted by Gasteiger charge is 2.31. The van der Waals surface area contributed by atoms with Crippen molar-refractivity contribution in [3.05, 3.63) is 23.8 Å². The van der Waals surface area contributed by atoms with E-state index in [0.29, 0.717) is 12.1 Å². The average molecular weight is 301 g/mol. The number of nitrogen functional groups attached to an aromatic ring is 1. The summed E-state index contributed by atoms with van der Waals surface area (Å²) < 4.78 is 72.5. The molecule has 20 heavy (non-hydrogen) atoms. The Morgan fingerprint density at radius 2 is 1.75 bits per heavy atom. The van der Waals surface area contributed by atoms with Crippen LogP contribution in [0, 0.1) is 0 Å². The Bertz CT molecular complexity index is 497. The van der Waals surface area contributed by atoms with Crippen molar-refractivity contribution in [3.8, 4) is 0 Å². The van der Waals surface area contributed by atoms with Gasteiger partial charge in [-0.2, -0.15) is 26.3 Å². The zero-order valence-corrected chi connectivity index (χ0v) is 9.69. The largest absolute Gasteiger partial charge is 0.416 e. The van der Waals surface area contributed by atoms with E-state index in [4.69, 9.17) is 5.73 Å². The molecular formula is C10H9F6N3O. The summed E-state index contributed by atoms with van der Waals surface area (Å²) in [7, 11) is 0. The maximum absolute atomic E-state index is 12.3. The van der Waals surface area contributed by atoms with Crippen LogP contribution in [-0.2, 0) is 6.18 Å². The minimum atomic E-state index is -4.61. The first-order valence-electron chi connectivity index (χ1n) is 5.07. The van der Waals surface area contributed by atoms with Gasteiger partial charge in [0.15, 0.2) is 0 Å². The van der Waals surface area contributed by atoms with Crippen molar-refractivity contribution >= 4 is 17.4 Å². The van der Waals surface area contributed by atoms with E-state index in [1.807, 2.05) is 5.32 Å². The Kier molecular flexibility index (Phi) is 4.36. The molecule has 0 fully saturated rings. The lowest BCUT2D eigenvalue weighted by atomic mass is 10.1. The number of nitrogens with one attached hydrogen (secondary N) is 2. The lowest BCUT2D eigenvalue weighted by Crippen LogP contribution is -2.36. The Morgan fingerprint density at radius 3 is 2.20 bits per heavy atom. The molecule has 1 aromatic rings. The van der Waals surface area contributed by atoms with E-state index in [0.717, 1.165) is 6.07 Å². The van der Waals surface area contributed by atoms with Crippen molar-refractivity contribution in [2.75, 3.05) is 17.6 Å². The quantitative estimate of drug-likeness (QED) is 0.580. The predicted molar refractivity (Wildman–Crippen MR) is 58.9 cm³/mol. The molecular weight excluding hydrogens is 292 g/mol. The van der Waals surface area contributed by atoms with Crippen LogP contribution in [-0.4, -0.2) is 18.8 Å². The van der Waals surface area contributed by atoms with Crippen molar-refractivity contribution in [3.63, 3.8) is 0 Å². The molecule has 4 N–H and O–H groups in total. The lowest BCUT2D eigenvalue weighted by molar-refractivity contribution is -0.137. The van der Waals surface area contributed by atoms with Gasteiger partial charge in [-0.25, -0.2) is 4.79 Å². The van der Waals surface area contributed by atoms with Crippen LogP contribution in [0.2, 0.25) is 0 Å². The van der Waals surface area contributed by atoms with Gasteiger partial charge in [-0.15, -0.1) is 0 Å². The number of anilines is 2. The summed E-state index contributed by atoms with van der Waals surface area (Å²) in [4.78, 5) is 11.1. The van der Waals surface area contributed by atoms with Gasteiger partial charge in [0.05, 0.1) is 16.9 Å². The maximum Gasteiger partial charge on any atom is 0.416 e. The first-order chi connectivity index (χ1) is 8.99. The third-order valence-electron chi connectivity index (χ3n) is 2.08. The fourth-order valence-corrected chi connectivity index (χ4v) is 1.20. The molecule has 0 heterocycles. The summed E-state index contributed by atoms with van der Waals surface area (Å²) in [6, 6.07) is 0.842. The van der Waals surface area contributed by atoms with Crippen LogP contribution in [0.3, 0.4) is 0 Å². The van der Waals surface area contributed by atoms with Gasteiger partial charge in [0.25, 0.3) is 0 Å². The second-order valence-electron chi connectivity index (χ2n) is 3.72. The highest BCUT2D eigenvalue weighted by atomic mass is 19.4. The summed E-state index contributed by atoms with van der Waals surface area (Å²) in [6.07, 6.45) is -9.20. The van der Waals surface area contributed by atoms with Crippen LogP contribution >= 0.6 is 0 Å². The normalized spacial score (nSPS) is 12.1. The Labute approximate surface area is 108 Å². The third kappa shape index (κ3) is 4.86. The molecule has 112 valence electrons. The van der Waals surface area contributed by atoms with Gasteiger partial charge in [0.2, 0.25) is 0 Å².